The van der Waals surface area contributed by atoms with Crippen LogP contribution in [0.15, 0.2) is 12.3 Å². The van der Waals surface area contributed by atoms with E-state index < -0.39 is 0 Å². The molecule has 0 fully saturated rings. The van der Waals surface area contributed by atoms with E-state index in [9.17, 15) is 4.79 Å². The van der Waals surface area contributed by atoms with Gasteiger partial charge in [-0.1, -0.05) is 13.3 Å². The van der Waals surface area contributed by atoms with Crippen LogP contribution in [0.3, 0.4) is 0 Å². The lowest BCUT2D eigenvalue weighted by molar-refractivity contribution is 0.0941. The summed E-state index contributed by atoms with van der Waals surface area (Å²) in [6, 6.07) is 1.90. The molecule has 0 aliphatic rings. The Balaban J connectivity index is 2.38. The SMILES string of the molecule is CCCCOCCCNC(=O)c1cnc(C)cc1NCC. The van der Waals surface area contributed by atoms with Crippen LogP contribution in [0.2, 0.25) is 0 Å². The second-order valence-corrected chi connectivity index (χ2v) is 4.98. The maximum Gasteiger partial charge on any atom is 0.254 e. The molecule has 0 saturated carbocycles. The maximum absolute atomic E-state index is 12.2. The van der Waals surface area contributed by atoms with Gasteiger partial charge in [-0.25, -0.2) is 0 Å². The van der Waals surface area contributed by atoms with Gasteiger partial charge >= 0.3 is 0 Å². The molecule has 0 saturated heterocycles. The van der Waals surface area contributed by atoms with Crippen molar-refractivity contribution in [3.05, 3.63) is 23.5 Å². The van der Waals surface area contributed by atoms with Crippen LogP contribution in [0.1, 0.15) is 49.2 Å². The third-order valence-corrected chi connectivity index (χ3v) is 3.05. The minimum atomic E-state index is -0.0907. The molecule has 1 aromatic heterocycles. The van der Waals surface area contributed by atoms with E-state index in [1.54, 1.807) is 6.20 Å². The van der Waals surface area contributed by atoms with Gasteiger partial charge in [-0.2, -0.15) is 0 Å². The van der Waals surface area contributed by atoms with Gasteiger partial charge in [-0.05, 0) is 32.8 Å². The number of nitrogens with zero attached hydrogens (tertiary/aromatic N) is 1. The normalized spacial score (nSPS) is 10.4. The minimum Gasteiger partial charge on any atom is -0.385 e. The van der Waals surface area contributed by atoms with Crippen LogP contribution in [0.4, 0.5) is 5.69 Å². The van der Waals surface area contributed by atoms with Gasteiger partial charge in [0.05, 0.1) is 11.3 Å². The third-order valence-electron chi connectivity index (χ3n) is 3.05. The van der Waals surface area contributed by atoms with E-state index in [0.29, 0.717) is 18.7 Å². The molecule has 0 radical (unpaired) electrons. The van der Waals surface area contributed by atoms with Crippen molar-refractivity contribution >= 4 is 11.6 Å². The standard InChI is InChI=1S/C16H27N3O2/c1-4-6-9-21-10-7-8-18-16(20)14-12-19-13(3)11-15(14)17-5-2/h11-12H,4-10H2,1-3H3,(H,17,19)(H,18,20). The van der Waals surface area contributed by atoms with Gasteiger partial charge in [0, 0.05) is 38.2 Å². The van der Waals surface area contributed by atoms with Gasteiger partial charge < -0.3 is 15.4 Å². The monoisotopic (exact) mass is 293 g/mol. The molecule has 5 nitrogen and oxygen atoms in total. The number of hydrogen-bond donors (Lipinski definition) is 2. The molecule has 5 heteroatoms. The van der Waals surface area contributed by atoms with Crippen molar-refractivity contribution in [1.29, 1.82) is 0 Å². The Labute approximate surface area is 127 Å². The van der Waals surface area contributed by atoms with E-state index in [2.05, 4.69) is 22.5 Å². The molecular formula is C16H27N3O2. The highest BCUT2D eigenvalue weighted by atomic mass is 16.5. The highest BCUT2D eigenvalue weighted by Gasteiger charge is 2.11. The van der Waals surface area contributed by atoms with Crippen molar-refractivity contribution in [3.63, 3.8) is 0 Å². The Hall–Kier alpha value is -1.62. The fourth-order valence-electron chi connectivity index (χ4n) is 1.90. The summed E-state index contributed by atoms with van der Waals surface area (Å²) >= 11 is 0. The number of carbonyl (C=O) groups is 1. The lowest BCUT2D eigenvalue weighted by Gasteiger charge is -2.11. The molecule has 1 amide bonds. The van der Waals surface area contributed by atoms with Crippen LogP contribution in [0.5, 0.6) is 0 Å². The molecule has 0 aromatic carbocycles. The Morgan fingerprint density at radius 1 is 1.29 bits per heavy atom. The summed E-state index contributed by atoms with van der Waals surface area (Å²) in [5, 5.41) is 6.11. The van der Waals surface area contributed by atoms with Gasteiger partial charge in [0.1, 0.15) is 0 Å². The molecule has 1 aromatic rings. The van der Waals surface area contributed by atoms with Crippen LogP contribution >= 0.6 is 0 Å². The first kappa shape index (κ1) is 17.4. The van der Waals surface area contributed by atoms with Crippen LogP contribution in [0, 0.1) is 6.92 Å². The van der Waals surface area contributed by atoms with Gasteiger partial charge in [0.2, 0.25) is 0 Å². The quantitative estimate of drug-likeness (QED) is 0.651. The third kappa shape index (κ3) is 6.58. The molecule has 0 bridgehead atoms. The molecular weight excluding hydrogens is 266 g/mol. The zero-order valence-corrected chi connectivity index (χ0v) is 13.4. The summed E-state index contributed by atoms with van der Waals surface area (Å²) in [5.74, 6) is -0.0907. The Morgan fingerprint density at radius 2 is 2.05 bits per heavy atom. The topological polar surface area (TPSA) is 63.2 Å². The summed E-state index contributed by atoms with van der Waals surface area (Å²) in [6.07, 6.45) is 4.68. The van der Waals surface area contributed by atoms with Crippen molar-refractivity contribution in [2.24, 2.45) is 0 Å². The van der Waals surface area contributed by atoms with Crippen molar-refractivity contribution in [1.82, 2.24) is 10.3 Å². The van der Waals surface area contributed by atoms with Crippen LogP contribution in [-0.2, 0) is 4.74 Å². The number of pyridine rings is 1. The fraction of sp³-hybridized carbons (Fsp3) is 0.625. The minimum absolute atomic E-state index is 0.0907. The van der Waals surface area contributed by atoms with Crippen LogP contribution < -0.4 is 10.6 Å². The van der Waals surface area contributed by atoms with E-state index in [1.807, 2.05) is 19.9 Å². The van der Waals surface area contributed by atoms with Gasteiger partial charge in [-0.15, -0.1) is 0 Å². The summed E-state index contributed by atoms with van der Waals surface area (Å²) in [7, 11) is 0. The lowest BCUT2D eigenvalue weighted by atomic mass is 10.2. The van der Waals surface area contributed by atoms with E-state index in [0.717, 1.165) is 43.8 Å². The first-order valence-electron chi connectivity index (χ1n) is 7.75. The maximum atomic E-state index is 12.2. The molecule has 1 heterocycles. The highest BCUT2D eigenvalue weighted by Crippen LogP contribution is 2.15. The number of hydrogen-bond acceptors (Lipinski definition) is 4. The number of nitrogens with one attached hydrogen (secondary N) is 2. The molecule has 0 spiro atoms. The number of anilines is 1. The number of amides is 1. The zero-order chi connectivity index (χ0) is 15.5. The highest BCUT2D eigenvalue weighted by molar-refractivity contribution is 5.99. The smallest absolute Gasteiger partial charge is 0.254 e. The second-order valence-electron chi connectivity index (χ2n) is 4.98. The molecule has 0 unspecified atom stereocenters. The predicted octanol–water partition coefficient (Wildman–Crippen LogP) is 2.76. The lowest BCUT2D eigenvalue weighted by Crippen LogP contribution is -2.26. The van der Waals surface area contributed by atoms with Crippen molar-refractivity contribution in [3.8, 4) is 0 Å². The molecule has 21 heavy (non-hydrogen) atoms. The fourth-order valence-corrected chi connectivity index (χ4v) is 1.90. The van der Waals surface area contributed by atoms with Crippen molar-refractivity contribution in [2.45, 2.75) is 40.0 Å². The number of unbranched alkanes of at least 4 members (excludes halogenated alkanes) is 1. The summed E-state index contributed by atoms with van der Waals surface area (Å²) in [6.45, 7) is 8.94. The molecule has 118 valence electrons. The Morgan fingerprint density at radius 3 is 2.76 bits per heavy atom. The number of carbonyl (C=O) groups excluding carboxylic acids is 1. The van der Waals surface area contributed by atoms with Gasteiger partial charge in [0.25, 0.3) is 5.91 Å². The number of aromatic nitrogens is 1. The summed E-state index contributed by atoms with van der Waals surface area (Å²) < 4.78 is 5.46. The summed E-state index contributed by atoms with van der Waals surface area (Å²) in [5.41, 5.74) is 2.32. The zero-order valence-electron chi connectivity index (χ0n) is 13.4. The first-order valence-corrected chi connectivity index (χ1v) is 7.75. The molecule has 0 atom stereocenters. The predicted molar refractivity (Wildman–Crippen MR) is 85.8 cm³/mol. The summed E-state index contributed by atoms with van der Waals surface area (Å²) in [4.78, 5) is 16.4. The molecule has 1 rings (SSSR count). The molecule has 0 aliphatic heterocycles. The van der Waals surface area contributed by atoms with Crippen molar-refractivity contribution < 1.29 is 9.53 Å². The molecule has 0 aliphatic carbocycles. The van der Waals surface area contributed by atoms with Gasteiger partial charge in [-0.3, -0.25) is 9.78 Å². The largest absolute Gasteiger partial charge is 0.385 e. The average Bonchev–Trinajstić information content (AvgIpc) is 2.46. The molecule has 2 N–H and O–H groups in total. The van der Waals surface area contributed by atoms with Crippen LogP contribution in [0.25, 0.3) is 0 Å². The van der Waals surface area contributed by atoms with E-state index in [-0.39, 0.29) is 5.91 Å². The van der Waals surface area contributed by atoms with E-state index >= 15 is 0 Å². The van der Waals surface area contributed by atoms with Gasteiger partial charge in [0.15, 0.2) is 0 Å². The number of ether oxygens (including phenoxy) is 1. The van der Waals surface area contributed by atoms with Crippen LogP contribution in [-0.4, -0.2) is 37.2 Å². The van der Waals surface area contributed by atoms with E-state index in [4.69, 9.17) is 4.74 Å². The Bertz CT molecular complexity index is 436. The first-order chi connectivity index (χ1) is 10.2. The second kappa shape index (κ2) is 10.2. The van der Waals surface area contributed by atoms with Crippen molar-refractivity contribution in [2.75, 3.05) is 31.6 Å². The average molecular weight is 293 g/mol. The van der Waals surface area contributed by atoms with E-state index in [1.165, 1.54) is 0 Å². The Kier molecular flexibility index (Phi) is 8.43. The number of aryl methyl sites for hydroxylation is 1. The number of rotatable bonds is 10.